The van der Waals surface area contributed by atoms with Crippen molar-refractivity contribution in [2.45, 2.75) is 26.2 Å². The van der Waals surface area contributed by atoms with E-state index in [1.54, 1.807) is 0 Å². The molecule has 6 nitrogen and oxygen atoms in total. The molecule has 0 radical (unpaired) electrons. The lowest BCUT2D eigenvalue weighted by Gasteiger charge is -1.97. The van der Waals surface area contributed by atoms with E-state index in [0.717, 1.165) is 17.5 Å². The predicted molar refractivity (Wildman–Crippen MR) is 86.4 cm³/mol. The molecule has 0 spiro atoms. The first-order valence-electron chi connectivity index (χ1n) is 6.84. The van der Waals surface area contributed by atoms with Crippen molar-refractivity contribution in [1.29, 1.82) is 0 Å². The first-order valence-corrected chi connectivity index (χ1v) is 7.24. The van der Waals surface area contributed by atoms with Gasteiger partial charge in [-0.2, -0.15) is 9.80 Å². The number of rotatable bonds is 5. The van der Waals surface area contributed by atoms with Crippen molar-refractivity contribution in [3.63, 3.8) is 0 Å². The number of azo groups is 1. The first kappa shape index (κ1) is 16.0. The van der Waals surface area contributed by atoms with E-state index in [4.69, 9.17) is 18.0 Å². The molecular formula is C14H16FN5OS. The number of nitrogens with one attached hydrogen (secondary N) is 1. The molecule has 0 bridgehead atoms. The van der Waals surface area contributed by atoms with E-state index >= 15 is 0 Å². The highest BCUT2D eigenvalue weighted by Crippen LogP contribution is 2.19. The number of aromatic nitrogens is 2. The molecule has 116 valence electrons. The molecule has 1 aromatic carbocycles. The molecule has 0 atom stereocenters. The Hall–Kier alpha value is -2.35. The minimum Gasteiger partial charge on any atom is -0.374 e. The van der Waals surface area contributed by atoms with Gasteiger partial charge in [0.05, 0.1) is 11.4 Å². The average molecular weight is 321 g/mol. The van der Waals surface area contributed by atoms with Gasteiger partial charge in [0.2, 0.25) is 0 Å². The number of nitrogens with two attached hydrogens (primary N) is 1. The predicted octanol–water partition coefficient (Wildman–Crippen LogP) is 3.17. The normalized spacial score (nSPS) is 11.2. The molecule has 2 rings (SSSR count). The Balaban J connectivity index is 2.37. The van der Waals surface area contributed by atoms with Gasteiger partial charge in [0.15, 0.2) is 10.8 Å². The van der Waals surface area contributed by atoms with E-state index in [-0.39, 0.29) is 16.6 Å². The highest BCUT2D eigenvalue weighted by molar-refractivity contribution is 7.80. The summed E-state index contributed by atoms with van der Waals surface area (Å²) in [5.74, 6) is -0.361. The van der Waals surface area contributed by atoms with E-state index in [1.165, 1.54) is 24.3 Å². The van der Waals surface area contributed by atoms with E-state index < -0.39 is 5.56 Å². The number of H-pyrrole nitrogens is 1. The van der Waals surface area contributed by atoms with Gasteiger partial charge in [-0.25, -0.2) is 4.39 Å². The molecule has 2 aromatic rings. The summed E-state index contributed by atoms with van der Waals surface area (Å²) in [5.41, 5.74) is 6.31. The number of aryl methyl sites for hydroxylation is 1. The van der Waals surface area contributed by atoms with Crippen molar-refractivity contribution in [2.75, 3.05) is 0 Å². The van der Waals surface area contributed by atoms with Crippen molar-refractivity contribution in [3.05, 3.63) is 46.1 Å². The van der Waals surface area contributed by atoms with Crippen molar-refractivity contribution in [1.82, 2.24) is 9.78 Å². The molecule has 0 fully saturated rings. The van der Waals surface area contributed by atoms with Gasteiger partial charge < -0.3 is 5.73 Å². The summed E-state index contributed by atoms with van der Waals surface area (Å²) in [5, 5.41) is 10.7. The van der Waals surface area contributed by atoms with E-state index in [2.05, 4.69) is 15.3 Å². The van der Waals surface area contributed by atoms with Crippen molar-refractivity contribution in [2.24, 2.45) is 16.0 Å². The van der Waals surface area contributed by atoms with Crippen molar-refractivity contribution in [3.8, 4) is 0 Å². The van der Waals surface area contributed by atoms with Crippen LogP contribution in [-0.4, -0.2) is 14.9 Å². The van der Waals surface area contributed by atoms with Crippen LogP contribution in [0.5, 0.6) is 0 Å². The zero-order chi connectivity index (χ0) is 16.1. The molecule has 0 aliphatic heterocycles. The molecule has 1 heterocycles. The van der Waals surface area contributed by atoms with Crippen LogP contribution in [0, 0.1) is 5.82 Å². The second kappa shape index (κ2) is 7.08. The number of halogens is 1. The second-order valence-electron chi connectivity index (χ2n) is 4.70. The third-order valence-electron chi connectivity index (χ3n) is 3.03. The Kier molecular flexibility index (Phi) is 5.16. The SMILES string of the molecule is CCCCc1[nH]n(C(N)=S)c(=O)c1N=Nc1ccc(F)cc1. The third kappa shape index (κ3) is 3.64. The van der Waals surface area contributed by atoms with Gasteiger partial charge in [-0.05, 0) is 49.3 Å². The van der Waals surface area contributed by atoms with Gasteiger partial charge in [-0.15, -0.1) is 5.11 Å². The molecule has 0 amide bonds. The Bertz CT molecular complexity index is 748. The minimum atomic E-state index is -0.440. The maximum absolute atomic E-state index is 12.9. The van der Waals surface area contributed by atoms with Gasteiger partial charge in [0.25, 0.3) is 0 Å². The average Bonchev–Trinajstić information content (AvgIpc) is 2.81. The van der Waals surface area contributed by atoms with Crippen LogP contribution in [0.4, 0.5) is 15.8 Å². The molecule has 3 N–H and O–H groups in total. The number of unbranched alkanes of at least 4 members (excludes halogenated alkanes) is 1. The van der Waals surface area contributed by atoms with Gasteiger partial charge in [-0.3, -0.25) is 9.89 Å². The quantitative estimate of drug-likeness (QED) is 0.655. The van der Waals surface area contributed by atoms with Crippen LogP contribution >= 0.6 is 12.2 Å². The molecule has 1 aromatic heterocycles. The molecule has 0 saturated carbocycles. The van der Waals surface area contributed by atoms with Crippen molar-refractivity contribution >= 4 is 28.7 Å². The Labute approximate surface area is 131 Å². The molecule has 22 heavy (non-hydrogen) atoms. The zero-order valence-electron chi connectivity index (χ0n) is 12.0. The van der Waals surface area contributed by atoms with Gasteiger partial charge in [0, 0.05) is 0 Å². The van der Waals surface area contributed by atoms with Crippen LogP contribution < -0.4 is 11.3 Å². The summed E-state index contributed by atoms with van der Waals surface area (Å²) in [6.45, 7) is 2.04. The number of hydrogen-bond donors (Lipinski definition) is 2. The van der Waals surface area contributed by atoms with Crippen LogP contribution in [0.25, 0.3) is 0 Å². The number of aromatic amines is 1. The second-order valence-corrected chi connectivity index (χ2v) is 5.12. The summed E-state index contributed by atoms with van der Waals surface area (Å²) in [6, 6.07) is 5.50. The van der Waals surface area contributed by atoms with E-state index in [1.807, 2.05) is 6.92 Å². The van der Waals surface area contributed by atoms with Crippen LogP contribution in [0.1, 0.15) is 25.5 Å². The van der Waals surface area contributed by atoms with Crippen molar-refractivity contribution < 1.29 is 4.39 Å². The van der Waals surface area contributed by atoms with E-state index in [9.17, 15) is 9.18 Å². The van der Waals surface area contributed by atoms with E-state index in [0.29, 0.717) is 17.8 Å². The van der Waals surface area contributed by atoms with Crippen LogP contribution in [0.2, 0.25) is 0 Å². The van der Waals surface area contributed by atoms with Gasteiger partial charge in [-0.1, -0.05) is 13.3 Å². The number of hydrogen-bond acceptors (Lipinski definition) is 4. The fraction of sp³-hybridized carbons (Fsp3) is 0.286. The van der Waals surface area contributed by atoms with Crippen LogP contribution in [0.15, 0.2) is 39.3 Å². The highest BCUT2D eigenvalue weighted by atomic mass is 32.1. The summed E-state index contributed by atoms with van der Waals surface area (Å²) in [7, 11) is 0. The first-order chi connectivity index (χ1) is 10.5. The molecular weight excluding hydrogens is 305 g/mol. The Morgan fingerprint density at radius 2 is 2.05 bits per heavy atom. The topological polar surface area (TPSA) is 88.5 Å². The molecule has 0 aliphatic rings. The van der Waals surface area contributed by atoms with Gasteiger partial charge in [0.1, 0.15) is 5.82 Å². The standard InChI is InChI=1S/C14H16FN5OS/c1-2-3-4-11-12(13(21)20(19-11)14(16)22)18-17-10-7-5-9(15)6-8-10/h5-8,19H,2-4H2,1H3,(H2,16,22). The fourth-order valence-electron chi connectivity index (χ4n) is 1.88. The Morgan fingerprint density at radius 1 is 1.36 bits per heavy atom. The Morgan fingerprint density at radius 3 is 2.64 bits per heavy atom. The smallest absolute Gasteiger partial charge is 0.301 e. The lowest BCUT2D eigenvalue weighted by atomic mass is 10.2. The largest absolute Gasteiger partial charge is 0.374 e. The minimum absolute atomic E-state index is 0.0778. The summed E-state index contributed by atoms with van der Waals surface area (Å²) in [4.78, 5) is 12.2. The van der Waals surface area contributed by atoms with Crippen LogP contribution in [-0.2, 0) is 6.42 Å². The number of thiocarbonyl (C=S) groups is 1. The maximum Gasteiger partial charge on any atom is 0.301 e. The highest BCUT2D eigenvalue weighted by Gasteiger charge is 2.15. The van der Waals surface area contributed by atoms with Crippen LogP contribution in [0.3, 0.4) is 0 Å². The summed E-state index contributed by atoms with van der Waals surface area (Å²) < 4.78 is 13.9. The molecule has 0 aliphatic carbocycles. The monoisotopic (exact) mass is 321 g/mol. The third-order valence-corrected chi connectivity index (χ3v) is 3.21. The molecule has 8 heteroatoms. The lowest BCUT2D eigenvalue weighted by molar-refractivity contribution is 0.628. The summed E-state index contributed by atoms with van der Waals surface area (Å²) >= 11 is 4.82. The summed E-state index contributed by atoms with van der Waals surface area (Å²) in [6.07, 6.45) is 2.49. The maximum atomic E-state index is 12.9. The zero-order valence-corrected chi connectivity index (χ0v) is 12.9. The lowest BCUT2D eigenvalue weighted by Crippen LogP contribution is -2.29. The molecule has 0 unspecified atom stereocenters. The molecule has 0 saturated heterocycles. The fourth-order valence-corrected chi connectivity index (χ4v) is 2.00. The number of benzene rings is 1. The number of nitrogens with zero attached hydrogens (tertiary/aromatic N) is 3. The van der Waals surface area contributed by atoms with Gasteiger partial charge >= 0.3 is 5.56 Å².